The van der Waals surface area contributed by atoms with Gasteiger partial charge in [-0.1, -0.05) is 24.3 Å². The second kappa shape index (κ2) is 4.07. The van der Waals surface area contributed by atoms with Gasteiger partial charge >= 0.3 is 0 Å². The van der Waals surface area contributed by atoms with Crippen molar-refractivity contribution in [1.29, 1.82) is 0 Å². The molecule has 0 aliphatic carbocycles. The van der Waals surface area contributed by atoms with Crippen LogP contribution in [0.3, 0.4) is 0 Å². The molecule has 1 heterocycles. The van der Waals surface area contributed by atoms with Crippen molar-refractivity contribution < 1.29 is 17.8 Å². The number of para-hydroxylation sites is 1. The predicted octanol–water partition coefficient (Wildman–Crippen LogP) is -3.30. The molecular formula is C10H10ClN3. The van der Waals surface area contributed by atoms with E-state index in [1.165, 1.54) is 0 Å². The summed E-state index contributed by atoms with van der Waals surface area (Å²) >= 11 is 0. The summed E-state index contributed by atoms with van der Waals surface area (Å²) in [4.78, 5) is 4.29. The Morgan fingerprint density at radius 1 is 1.14 bits per heavy atom. The van der Waals surface area contributed by atoms with Crippen molar-refractivity contribution in [3.63, 3.8) is 0 Å². The third-order valence-electron chi connectivity index (χ3n) is 1.89. The van der Waals surface area contributed by atoms with Crippen molar-refractivity contribution in [2.75, 3.05) is 0 Å². The van der Waals surface area contributed by atoms with Crippen LogP contribution in [-0.2, 0) is 0 Å². The van der Waals surface area contributed by atoms with Gasteiger partial charge in [0.25, 0.3) is 5.84 Å². The first-order valence-electron chi connectivity index (χ1n) is 4.01. The van der Waals surface area contributed by atoms with Crippen LogP contribution >= 0.6 is 0 Å². The average Bonchev–Trinajstić information content (AvgIpc) is 2.17. The first kappa shape index (κ1) is 10.5. The quantitative estimate of drug-likeness (QED) is 0.380. The van der Waals surface area contributed by atoms with E-state index in [9.17, 15) is 0 Å². The molecule has 0 saturated carbocycles. The fourth-order valence-electron chi connectivity index (χ4n) is 1.23. The zero-order valence-corrected chi connectivity index (χ0v) is 8.20. The summed E-state index contributed by atoms with van der Waals surface area (Å²) in [7, 11) is 0. The minimum Gasteiger partial charge on any atom is -1.00 e. The smallest absolute Gasteiger partial charge is 0.289 e. The number of pyridine rings is 1. The highest BCUT2D eigenvalue weighted by Gasteiger charge is 2.03. The van der Waals surface area contributed by atoms with Gasteiger partial charge in [0.1, 0.15) is 0 Å². The van der Waals surface area contributed by atoms with E-state index in [1.807, 2.05) is 36.4 Å². The molecule has 72 valence electrons. The van der Waals surface area contributed by atoms with E-state index in [1.54, 1.807) is 0 Å². The van der Waals surface area contributed by atoms with Gasteiger partial charge in [-0.2, -0.15) is 0 Å². The zero-order valence-electron chi connectivity index (χ0n) is 7.44. The second-order valence-electron chi connectivity index (χ2n) is 2.84. The Bertz CT molecular complexity index is 468. The fraction of sp³-hybridized carbons (Fsp3) is 0. The predicted molar refractivity (Wildman–Crippen MR) is 52.0 cm³/mol. The molecule has 14 heavy (non-hydrogen) atoms. The molecule has 0 unspecified atom stereocenters. The lowest BCUT2D eigenvalue weighted by Crippen LogP contribution is -3.00. The molecule has 2 aromatic rings. The molecule has 3 nitrogen and oxygen atoms in total. The van der Waals surface area contributed by atoms with E-state index in [-0.39, 0.29) is 18.2 Å². The van der Waals surface area contributed by atoms with Crippen LogP contribution in [-0.4, -0.2) is 10.8 Å². The highest BCUT2D eigenvalue weighted by molar-refractivity contribution is 5.93. The summed E-state index contributed by atoms with van der Waals surface area (Å²) in [6, 6.07) is 11.6. The summed E-state index contributed by atoms with van der Waals surface area (Å²) in [5.74, 6) is 0.255. The Kier molecular flexibility index (Phi) is 3.04. The van der Waals surface area contributed by atoms with Crippen molar-refractivity contribution in [2.24, 2.45) is 5.73 Å². The van der Waals surface area contributed by atoms with Gasteiger partial charge in [0.05, 0.1) is 5.52 Å². The number of nitrogens with zero attached hydrogens (tertiary/aromatic N) is 1. The van der Waals surface area contributed by atoms with Gasteiger partial charge in [0.15, 0.2) is 5.69 Å². The maximum atomic E-state index is 5.44. The Morgan fingerprint density at radius 2 is 1.86 bits per heavy atom. The first-order valence-corrected chi connectivity index (χ1v) is 4.01. The summed E-state index contributed by atoms with van der Waals surface area (Å²) in [6.07, 6.45) is 0. The highest BCUT2D eigenvalue weighted by Crippen LogP contribution is 2.10. The van der Waals surface area contributed by atoms with Crippen LogP contribution in [0.15, 0.2) is 36.4 Å². The number of hydrogen-bond acceptors (Lipinski definition) is 1. The maximum absolute atomic E-state index is 5.44. The molecular weight excluding hydrogens is 198 g/mol. The van der Waals surface area contributed by atoms with E-state index in [4.69, 9.17) is 11.1 Å². The Labute approximate surface area is 87.9 Å². The number of nitrogens with two attached hydrogens (primary N) is 2. The van der Waals surface area contributed by atoms with Gasteiger partial charge < -0.3 is 12.4 Å². The molecule has 0 radical (unpaired) electrons. The van der Waals surface area contributed by atoms with Gasteiger partial charge in [-0.3, -0.25) is 11.1 Å². The lowest BCUT2D eigenvalue weighted by molar-refractivity contribution is -0.114. The van der Waals surface area contributed by atoms with Crippen molar-refractivity contribution in [3.8, 4) is 0 Å². The van der Waals surface area contributed by atoms with Gasteiger partial charge in [0, 0.05) is 5.39 Å². The van der Waals surface area contributed by atoms with Crippen LogP contribution in [0, 0.1) is 0 Å². The van der Waals surface area contributed by atoms with E-state index < -0.39 is 0 Å². The van der Waals surface area contributed by atoms with Crippen LogP contribution in [0.25, 0.3) is 10.9 Å². The van der Waals surface area contributed by atoms with Gasteiger partial charge in [-0.05, 0) is 12.1 Å². The third kappa shape index (κ3) is 1.83. The molecule has 0 fully saturated rings. The van der Waals surface area contributed by atoms with Crippen molar-refractivity contribution in [3.05, 3.63) is 42.1 Å². The van der Waals surface area contributed by atoms with Crippen molar-refractivity contribution in [1.82, 2.24) is 4.98 Å². The molecule has 1 aromatic carbocycles. The van der Waals surface area contributed by atoms with E-state index in [2.05, 4.69) is 4.98 Å². The minimum atomic E-state index is 0. The van der Waals surface area contributed by atoms with E-state index in [0.29, 0.717) is 5.69 Å². The maximum Gasteiger partial charge on any atom is 0.289 e. The van der Waals surface area contributed by atoms with Crippen molar-refractivity contribution in [2.45, 2.75) is 0 Å². The zero-order chi connectivity index (χ0) is 9.26. The van der Waals surface area contributed by atoms with Crippen LogP contribution < -0.4 is 23.5 Å². The number of benzene rings is 1. The second-order valence-corrected chi connectivity index (χ2v) is 2.84. The number of halogens is 1. The van der Waals surface area contributed by atoms with Gasteiger partial charge in [-0.15, -0.1) is 0 Å². The summed E-state index contributed by atoms with van der Waals surface area (Å²) < 4.78 is 0. The molecule has 0 aliphatic rings. The number of amidine groups is 1. The molecule has 0 bridgehead atoms. The highest BCUT2D eigenvalue weighted by atomic mass is 35.5. The molecule has 1 aromatic heterocycles. The van der Waals surface area contributed by atoms with E-state index >= 15 is 0 Å². The Morgan fingerprint density at radius 3 is 2.57 bits per heavy atom. The largest absolute Gasteiger partial charge is 1.00 e. The number of hydrogen-bond donors (Lipinski definition) is 2. The minimum absolute atomic E-state index is 0. The molecule has 4 heteroatoms. The number of rotatable bonds is 1. The monoisotopic (exact) mass is 207 g/mol. The molecule has 0 atom stereocenters. The lowest BCUT2D eigenvalue weighted by atomic mass is 10.2. The average molecular weight is 208 g/mol. The molecule has 0 amide bonds. The van der Waals surface area contributed by atoms with E-state index in [0.717, 1.165) is 10.9 Å². The first-order chi connectivity index (χ1) is 6.27. The van der Waals surface area contributed by atoms with Gasteiger partial charge in [-0.25, -0.2) is 4.98 Å². The molecule has 0 saturated heterocycles. The molecule has 2 rings (SSSR count). The summed E-state index contributed by atoms with van der Waals surface area (Å²) in [6.45, 7) is 0. The number of fused-ring (bicyclic) bond motifs is 1. The van der Waals surface area contributed by atoms with Gasteiger partial charge in [0.2, 0.25) is 0 Å². The Balaban J connectivity index is 0.000000980. The molecule has 0 spiro atoms. The third-order valence-corrected chi connectivity index (χ3v) is 1.89. The molecule has 0 aliphatic heterocycles. The topological polar surface area (TPSA) is 64.5 Å². The van der Waals surface area contributed by atoms with Crippen LogP contribution in [0.2, 0.25) is 0 Å². The van der Waals surface area contributed by atoms with Crippen molar-refractivity contribution >= 4 is 16.7 Å². The molecule has 4 N–H and O–H groups in total. The summed E-state index contributed by atoms with van der Waals surface area (Å²) in [5.41, 5.74) is 6.98. The SMILES string of the molecule is NC(=[NH2+])c1ccc2ccccc2n1.[Cl-]. The normalized spacial score (nSPS) is 9.43. The number of aromatic nitrogens is 1. The van der Waals surface area contributed by atoms with Crippen LogP contribution in [0.5, 0.6) is 0 Å². The fourth-order valence-corrected chi connectivity index (χ4v) is 1.23. The van der Waals surface area contributed by atoms with Crippen LogP contribution in [0.1, 0.15) is 5.69 Å². The lowest BCUT2D eigenvalue weighted by Gasteiger charge is -1.97. The van der Waals surface area contributed by atoms with Crippen LogP contribution in [0.4, 0.5) is 0 Å². The standard InChI is InChI=1S/C10H9N3.ClH/c11-10(12)9-6-5-7-3-1-2-4-8(7)13-9;/h1-6H,(H3,11,12);1H. The summed E-state index contributed by atoms with van der Waals surface area (Å²) in [5, 5.41) is 6.53. The Hall–Kier alpha value is -1.61.